The second-order valence-corrected chi connectivity index (χ2v) is 7.81. The van der Waals surface area contributed by atoms with Crippen molar-refractivity contribution in [3.63, 3.8) is 0 Å². The molecule has 0 saturated carbocycles. The molecule has 1 heterocycles. The molecule has 6 nitrogen and oxygen atoms in total. The molecule has 2 aromatic rings. The van der Waals surface area contributed by atoms with E-state index >= 15 is 0 Å². The molecule has 2 rings (SSSR count). The molecular formula is C17H23N3O3S. The second-order valence-electron chi connectivity index (χ2n) is 5.96. The van der Waals surface area contributed by atoms with Crippen molar-refractivity contribution in [2.24, 2.45) is 5.92 Å². The zero-order valence-corrected chi connectivity index (χ0v) is 15.0. The van der Waals surface area contributed by atoms with E-state index in [0.717, 1.165) is 5.56 Å². The highest BCUT2D eigenvalue weighted by Crippen LogP contribution is 2.22. The Balaban J connectivity index is 2.13. The van der Waals surface area contributed by atoms with Crippen LogP contribution in [0.5, 0.6) is 5.88 Å². The number of hydrogen-bond acceptors (Lipinski definition) is 5. The molecule has 24 heavy (non-hydrogen) atoms. The Morgan fingerprint density at radius 1 is 1.17 bits per heavy atom. The first-order valence-corrected chi connectivity index (χ1v) is 9.62. The molecule has 0 aliphatic carbocycles. The highest BCUT2D eigenvalue weighted by molar-refractivity contribution is 7.92. The average Bonchev–Trinajstić information content (AvgIpc) is 2.53. The number of rotatable bonds is 8. The molecule has 1 aromatic heterocycles. The summed E-state index contributed by atoms with van der Waals surface area (Å²) in [5, 5.41) is 8.20. The van der Waals surface area contributed by atoms with Crippen LogP contribution < -0.4 is 9.46 Å². The topological polar surface area (TPSA) is 81.2 Å². The molecule has 0 spiro atoms. The lowest BCUT2D eigenvalue weighted by molar-refractivity contribution is 0.258. The van der Waals surface area contributed by atoms with Crippen molar-refractivity contribution in [2.45, 2.75) is 27.2 Å². The molecule has 130 valence electrons. The van der Waals surface area contributed by atoms with E-state index < -0.39 is 10.0 Å². The van der Waals surface area contributed by atoms with Gasteiger partial charge >= 0.3 is 0 Å². The molecule has 7 heteroatoms. The number of hydrogen-bond donors (Lipinski definition) is 1. The predicted octanol–water partition coefficient (Wildman–Crippen LogP) is 3.33. The lowest BCUT2D eigenvalue weighted by Gasteiger charge is -2.09. The third kappa shape index (κ3) is 5.49. The summed E-state index contributed by atoms with van der Waals surface area (Å²) < 4.78 is 31.8. The minimum Gasteiger partial charge on any atom is -0.476 e. The van der Waals surface area contributed by atoms with Gasteiger partial charge in [-0.15, -0.1) is 10.2 Å². The largest absolute Gasteiger partial charge is 0.476 e. The third-order valence-electron chi connectivity index (χ3n) is 3.11. The lowest BCUT2D eigenvalue weighted by atomic mass is 10.1. The fourth-order valence-corrected chi connectivity index (χ4v) is 3.17. The average molecular weight is 349 g/mol. The van der Waals surface area contributed by atoms with Crippen LogP contribution in [-0.2, 0) is 10.0 Å². The van der Waals surface area contributed by atoms with Gasteiger partial charge in [0.05, 0.1) is 18.1 Å². The maximum atomic E-state index is 11.9. The van der Waals surface area contributed by atoms with Gasteiger partial charge in [-0.05, 0) is 30.5 Å². The lowest BCUT2D eigenvalue weighted by Crippen LogP contribution is -2.16. The first-order chi connectivity index (χ1) is 11.4. The van der Waals surface area contributed by atoms with Crippen molar-refractivity contribution < 1.29 is 13.2 Å². The first kappa shape index (κ1) is 18.2. The van der Waals surface area contributed by atoms with Gasteiger partial charge < -0.3 is 4.74 Å². The van der Waals surface area contributed by atoms with E-state index in [2.05, 4.69) is 28.8 Å². The SMILES string of the molecule is CCCS(=O)(=O)Nc1cccc(-c2ccc(OCC(C)C)nn2)c1. The van der Waals surface area contributed by atoms with E-state index in [-0.39, 0.29) is 5.75 Å². The number of nitrogens with zero attached hydrogens (tertiary/aromatic N) is 2. The summed E-state index contributed by atoms with van der Waals surface area (Å²) >= 11 is 0. The van der Waals surface area contributed by atoms with E-state index in [1.807, 2.05) is 19.1 Å². The highest BCUT2D eigenvalue weighted by atomic mass is 32.2. The van der Waals surface area contributed by atoms with Gasteiger partial charge in [0.1, 0.15) is 0 Å². The molecule has 0 atom stereocenters. The number of aromatic nitrogens is 2. The Hall–Kier alpha value is -2.15. The summed E-state index contributed by atoms with van der Waals surface area (Å²) in [6, 6.07) is 10.7. The van der Waals surface area contributed by atoms with Crippen LogP contribution in [-0.4, -0.2) is 31.0 Å². The van der Waals surface area contributed by atoms with Crippen LogP contribution in [0.25, 0.3) is 11.3 Å². The van der Waals surface area contributed by atoms with Crippen LogP contribution in [0.15, 0.2) is 36.4 Å². The van der Waals surface area contributed by atoms with Gasteiger partial charge in [-0.1, -0.05) is 32.9 Å². The maximum absolute atomic E-state index is 11.9. The normalized spacial score (nSPS) is 11.5. The van der Waals surface area contributed by atoms with Gasteiger partial charge in [0.15, 0.2) is 0 Å². The highest BCUT2D eigenvalue weighted by Gasteiger charge is 2.10. The molecular weight excluding hydrogens is 326 g/mol. The number of nitrogens with one attached hydrogen (secondary N) is 1. The Morgan fingerprint density at radius 3 is 2.58 bits per heavy atom. The molecule has 0 radical (unpaired) electrons. The van der Waals surface area contributed by atoms with Crippen LogP contribution in [0.4, 0.5) is 5.69 Å². The van der Waals surface area contributed by atoms with Gasteiger partial charge in [0, 0.05) is 17.3 Å². The molecule has 1 N–H and O–H groups in total. The van der Waals surface area contributed by atoms with Gasteiger partial charge in [-0.2, -0.15) is 0 Å². The zero-order chi connectivity index (χ0) is 17.6. The number of anilines is 1. The van der Waals surface area contributed by atoms with Crippen molar-refractivity contribution in [1.82, 2.24) is 10.2 Å². The van der Waals surface area contributed by atoms with E-state index in [1.54, 1.807) is 24.3 Å². The van der Waals surface area contributed by atoms with Crippen LogP contribution >= 0.6 is 0 Å². The quantitative estimate of drug-likeness (QED) is 0.790. The molecule has 0 fully saturated rings. The Labute approximate surface area is 143 Å². The second kappa shape index (κ2) is 8.10. The Bertz CT molecular complexity index is 759. The van der Waals surface area contributed by atoms with Gasteiger partial charge in [-0.3, -0.25) is 4.72 Å². The fourth-order valence-electron chi connectivity index (χ4n) is 2.04. The standard InChI is InChI=1S/C17H23N3O3S/c1-4-10-24(21,22)20-15-7-5-6-14(11-15)16-8-9-17(19-18-16)23-12-13(2)3/h5-9,11,13,20H,4,10,12H2,1-3H3. The van der Waals surface area contributed by atoms with Crippen molar-refractivity contribution in [3.05, 3.63) is 36.4 Å². The van der Waals surface area contributed by atoms with Gasteiger partial charge in [0.2, 0.25) is 15.9 Å². The molecule has 0 unspecified atom stereocenters. The van der Waals surface area contributed by atoms with Crippen molar-refractivity contribution >= 4 is 15.7 Å². The molecule has 1 aromatic carbocycles. The third-order valence-corrected chi connectivity index (χ3v) is 4.60. The first-order valence-electron chi connectivity index (χ1n) is 7.97. The summed E-state index contributed by atoms with van der Waals surface area (Å²) in [5.74, 6) is 0.991. The molecule has 0 aliphatic rings. The van der Waals surface area contributed by atoms with Crippen molar-refractivity contribution in [1.29, 1.82) is 0 Å². The summed E-state index contributed by atoms with van der Waals surface area (Å²) in [5.41, 5.74) is 1.96. The predicted molar refractivity (Wildman–Crippen MR) is 95.5 cm³/mol. The minimum absolute atomic E-state index is 0.0962. The van der Waals surface area contributed by atoms with Gasteiger partial charge in [0.25, 0.3) is 0 Å². The molecule has 0 aliphatic heterocycles. The molecule has 0 amide bonds. The monoisotopic (exact) mass is 349 g/mol. The smallest absolute Gasteiger partial charge is 0.233 e. The molecule has 0 bridgehead atoms. The minimum atomic E-state index is -3.31. The number of ether oxygens (including phenoxy) is 1. The Kier molecular flexibility index (Phi) is 6.14. The summed E-state index contributed by atoms with van der Waals surface area (Å²) in [6.07, 6.45) is 0.568. The summed E-state index contributed by atoms with van der Waals surface area (Å²) in [4.78, 5) is 0. The van der Waals surface area contributed by atoms with Crippen LogP contribution in [0, 0.1) is 5.92 Å². The van der Waals surface area contributed by atoms with Crippen LogP contribution in [0.1, 0.15) is 27.2 Å². The summed E-state index contributed by atoms with van der Waals surface area (Å²) in [6.45, 7) is 6.54. The van der Waals surface area contributed by atoms with Crippen molar-refractivity contribution in [3.8, 4) is 17.1 Å². The van der Waals surface area contributed by atoms with E-state index in [4.69, 9.17) is 4.74 Å². The molecule has 0 saturated heterocycles. The maximum Gasteiger partial charge on any atom is 0.233 e. The van der Waals surface area contributed by atoms with E-state index in [0.29, 0.717) is 36.2 Å². The zero-order valence-electron chi connectivity index (χ0n) is 14.2. The fraction of sp³-hybridized carbons (Fsp3) is 0.412. The van der Waals surface area contributed by atoms with E-state index in [9.17, 15) is 8.42 Å². The number of benzene rings is 1. The van der Waals surface area contributed by atoms with Crippen molar-refractivity contribution in [2.75, 3.05) is 17.1 Å². The van der Waals surface area contributed by atoms with E-state index in [1.165, 1.54) is 0 Å². The van der Waals surface area contributed by atoms with Crippen LogP contribution in [0.2, 0.25) is 0 Å². The number of sulfonamides is 1. The van der Waals surface area contributed by atoms with Crippen LogP contribution in [0.3, 0.4) is 0 Å². The Morgan fingerprint density at radius 2 is 1.96 bits per heavy atom. The summed E-state index contributed by atoms with van der Waals surface area (Å²) in [7, 11) is -3.31. The van der Waals surface area contributed by atoms with Gasteiger partial charge in [-0.25, -0.2) is 8.42 Å².